The molecule has 3 rings (SSSR count). The number of hydrogen-bond donors (Lipinski definition) is 0. The first-order valence-electron chi connectivity index (χ1n) is 13.3. The highest BCUT2D eigenvalue weighted by Gasteiger charge is 2.19. The highest BCUT2D eigenvalue weighted by molar-refractivity contribution is 5.82. The maximum Gasteiger partial charge on any atom is 0.235 e. The fraction of sp³-hybridized carbons (Fsp3) is 0.500. The van der Waals surface area contributed by atoms with Crippen LogP contribution in [0.3, 0.4) is 0 Å². The zero-order valence-electron chi connectivity index (χ0n) is 22.3. The van der Waals surface area contributed by atoms with E-state index in [0.29, 0.717) is 40.4 Å². The summed E-state index contributed by atoms with van der Waals surface area (Å²) in [5.74, 6) is 1.82. The van der Waals surface area contributed by atoms with E-state index in [4.69, 9.17) is 18.6 Å². The predicted octanol–water partition coefficient (Wildman–Crippen LogP) is 6.93. The Balaban J connectivity index is 1.81. The molecule has 0 saturated carbocycles. The maximum atomic E-state index is 13.4. The third kappa shape index (κ3) is 7.26. The molecule has 6 nitrogen and oxygen atoms in total. The molecule has 0 aliphatic carbocycles. The molecular formula is C30H41NO5. The van der Waals surface area contributed by atoms with Gasteiger partial charge < -0.3 is 23.5 Å². The molecule has 1 aromatic heterocycles. The Bertz CT molecular complexity index is 1130. The number of fused-ring (bicyclic) bond motifs is 1. The molecule has 196 valence electrons. The summed E-state index contributed by atoms with van der Waals surface area (Å²) in [6.07, 6.45) is 8.25. The zero-order chi connectivity index (χ0) is 25.8. The van der Waals surface area contributed by atoms with Gasteiger partial charge in [0.15, 0.2) is 17.3 Å². The first kappa shape index (κ1) is 27.6. The quantitative estimate of drug-likeness (QED) is 0.201. The van der Waals surface area contributed by atoms with E-state index < -0.39 is 0 Å². The third-order valence-electron chi connectivity index (χ3n) is 6.42. The predicted molar refractivity (Wildman–Crippen MR) is 147 cm³/mol. The van der Waals surface area contributed by atoms with Gasteiger partial charge >= 0.3 is 0 Å². The van der Waals surface area contributed by atoms with Crippen LogP contribution in [0.25, 0.3) is 22.3 Å². The first-order valence-corrected chi connectivity index (χ1v) is 13.3. The molecule has 0 atom stereocenters. The van der Waals surface area contributed by atoms with Gasteiger partial charge in [0.1, 0.15) is 5.58 Å². The van der Waals surface area contributed by atoms with Crippen LogP contribution in [0.4, 0.5) is 0 Å². The molecule has 0 spiro atoms. The number of unbranched alkanes of at least 4 members (excludes halogenated alkanes) is 4. The van der Waals surface area contributed by atoms with E-state index in [1.165, 1.54) is 38.5 Å². The molecule has 1 heterocycles. The Labute approximate surface area is 215 Å². The maximum absolute atomic E-state index is 13.4. The summed E-state index contributed by atoms with van der Waals surface area (Å²) in [5, 5.41) is 0.512. The number of hydrogen-bond acceptors (Lipinski definition) is 6. The van der Waals surface area contributed by atoms with Crippen LogP contribution in [0.15, 0.2) is 51.7 Å². The average molecular weight is 496 g/mol. The monoisotopic (exact) mass is 495 g/mol. The van der Waals surface area contributed by atoms with Crippen molar-refractivity contribution in [2.45, 2.75) is 58.8 Å². The van der Waals surface area contributed by atoms with Gasteiger partial charge in [0.05, 0.1) is 26.2 Å². The fourth-order valence-corrected chi connectivity index (χ4v) is 4.39. The third-order valence-corrected chi connectivity index (χ3v) is 6.42. The lowest BCUT2D eigenvalue weighted by Gasteiger charge is -2.22. The Morgan fingerprint density at radius 1 is 0.806 bits per heavy atom. The van der Waals surface area contributed by atoms with Crippen LogP contribution in [0, 0.1) is 0 Å². The fourth-order valence-electron chi connectivity index (χ4n) is 4.39. The van der Waals surface area contributed by atoms with Crippen LogP contribution >= 0.6 is 0 Å². The van der Waals surface area contributed by atoms with Gasteiger partial charge in [0.25, 0.3) is 0 Å². The molecule has 6 heteroatoms. The minimum absolute atomic E-state index is 0.163. The summed E-state index contributed by atoms with van der Waals surface area (Å²) < 4.78 is 23.2. The Morgan fingerprint density at radius 2 is 1.47 bits per heavy atom. The normalized spacial score (nSPS) is 11.2. The number of rotatable bonds is 16. The topological polar surface area (TPSA) is 61.1 Å². The van der Waals surface area contributed by atoms with E-state index in [2.05, 4.69) is 18.7 Å². The molecule has 36 heavy (non-hydrogen) atoms. The average Bonchev–Trinajstić information content (AvgIpc) is 2.91. The van der Waals surface area contributed by atoms with E-state index in [9.17, 15) is 4.79 Å². The van der Waals surface area contributed by atoms with Gasteiger partial charge in [-0.15, -0.1) is 0 Å². The lowest BCUT2D eigenvalue weighted by molar-refractivity contribution is 0.225. The molecule has 0 fully saturated rings. The van der Waals surface area contributed by atoms with Crippen LogP contribution in [0.2, 0.25) is 0 Å². The summed E-state index contributed by atoms with van der Waals surface area (Å²) in [6.45, 7) is 8.11. The van der Waals surface area contributed by atoms with Gasteiger partial charge in [-0.2, -0.15) is 0 Å². The van der Waals surface area contributed by atoms with Crippen molar-refractivity contribution in [3.63, 3.8) is 0 Å². The summed E-state index contributed by atoms with van der Waals surface area (Å²) in [7, 11) is 3.18. The van der Waals surface area contributed by atoms with E-state index in [1.54, 1.807) is 32.4 Å². The van der Waals surface area contributed by atoms with E-state index in [-0.39, 0.29) is 11.2 Å². The molecule has 2 aromatic carbocycles. The van der Waals surface area contributed by atoms with Crippen LogP contribution in [0.5, 0.6) is 17.2 Å². The van der Waals surface area contributed by atoms with Crippen molar-refractivity contribution < 1.29 is 18.6 Å². The minimum atomic E-state index is -0.163. The zero-order valence-corrected chi connectivity index (χ0v) is 22.3. The van der Waals surface area contributed by atoms with Crippen LogP contribution < -0.4 is 19.6 Å². The van der Waals surface area contributed by atoms with Gasteiger partial charge in [-0.25, -0.2) is 0 Å². The molecule has 0 N–H and O–H groups in total. The number of ether oxygens (including phenoxy) is 3. The number of para-hydroxylation sites is 1. The molecule has 0 radical (unpaired) electrons. The second kappa shape index (κ2) is 14.5. The highest BCUT2D eigenvalue weighted by atomic mass is 16.5. The molecule has 0 aliphatic heterocycles. The van der Waals surface area contributed by atoms with Crippen molar-refractivity contribution in [2.24, 2.45) is 0 Å². The van der Waals surface area contributed by atoms with Crippen molar-refractivity contribution in [1.29, 1.82) is 0 Å². The summed E-state index contributed by atoms with van der Waals surface area (Å²) in [5.41, 5.74) is 1.06. The second-order valence-corrected chi connectivity index (χ2v) is 9.11. The smallest absolute Gasteiger partial charge is 0.235 e. The SMILES string of the molecule is CCCCCN(CCCCC)CCCOc1c(-c2ccc(OC)c(OC)c2)oc2ccccc2c1=O. The number of nitrogens with zero attached hydrogens (tertiary/aromatic N) is 1. The van der Waals surface area contributed by atoms with Gasteiger partial charge in [-0.1, -0.05) is 51.7 Å². The van der Waals surface area contributed by atoms with Crippen LogP contribution in [-0.4, -0.2) is 45.4 Å². The Kier molecular flexibility index (Phi) is 11.1. The van der Waals surface area contributed by atoms with Gasteiger partial charge in [0, 0.05) is 12.1 Å². The molecule has 0 unspecified atom stereocenters. The first-order chi connectivity index (χ1) is 17.6. The molecule has 0 bridgehead atoms. The summed E-state index contributed by atoms with van der Waals surface area (Å²) in [4.78, 5) is 16.0. The largest absolute Gasteiger partial charge is 0.493 e. The number of benzene rings is 2. The molecule has 3 aromatic rings. The molecule has 0 amide bonds. The molecule has 0 saturated heterocycles. The van der Waals surface area contributed by atoms with E-state index >= 15 is 0 Å². The second-order valence-electron chi connectivity index (χ2n) is 9.11. The van der Waals surface area contributed by atoms with Crippen molar-refractivity contribution in [3.05, 3.63) is 52.7 Å². The van der Waals surface area contributed by atoms with Crippen molar-refractivity contribution in [2.75, 3.05) is 40.5 Å². The number of methoxy groups -OCH3 is 2. The van der Waals surface area contributed by atoms with Crippen molar-refractivity contribution in [1.82, 2.24) is 4.90 Å². The summed E-state index contributed by atoms with van der Waals surface area (Å²) in [6, 6.07) is 12.7. The van der Waals surface area contributed by atoms with E-state index in [1.807, 2.05) is 24.3 Å². The summed E-state index contributed by atoms with van der Waals surface area (Å²) >= 11 is 0. The Hall–Kier alpha value is -2.99. The minimum Gasteiger partial charge on any atom is -0.493 e. The van der Waals surface area contributed by atoms with Gasteiger partial charge in [-0.3, -0.25) is 4.79 Å². The van der Waals surface area contributed by atoms with Crippen molar-refractivity contribution >= 4 is 11.0 Å². The lowest BCUT2D eigenvalue weighted by Crippen LogP contribution is -2.28. The van der Waals surface area contributed by atoms with Crippen LogP contribution in [-0.2, 0) is 0 Å². The lowest BCUT2D eigenvalue weighted by atomic mass is 10.1. The van der Waals surface area contributed by atoms with Crippen molar-refractivity contribution in [3.8, 4) is 28.6 Å². The van der Waals surface area contributed by atoms with Crippen LogP contribution in [0.1, 0.15) is 58.8 Å². The van der Waals surface area contributed by atoms with E-state index in [0.717, 1.165) is 26.1 Å². The highest BCUT2D eigenvalue weighted by Crippen LogP contribution is 2.36. The van der Waals surface area contributed by atoms with Gasteiger partial charge in [0.2, 0.25) is 11.2 Å². The standard InChI is InChI=1S/C30H41NO5/c1-5-7-11-18-31(19-12-8-6-2)20-13-21-35-30-28(32)24-14-9-10-15-25(24)36-29(30)23-16-17-26(33-3)27(22-23)34-4/h9-10,14-17,22H,5-8,11-13,18-21H2,1-4H3. The van der Waals surface area contributed by atoms with Gasteiger partial charge in [-0.05, 0) is 62.7 Å². The Morgan fingerprint density at radius 3 is 2.14 bits per heavy atom. The molecule has 0 aliphatic rings. The molecular weight excluding hydrogens is 454 g/mol.